The maximum Gasteiger partial charge on any atom is 0.0450 e. The summed E-state index contributed by atoms with van der Waals surface area (Å²) >= 11 is 0. The molecule has 0 amide bonds. The molecule has 0 heterocycles. The second-order valence-electron chi connectivity index (χ2n) is 5.71. The average molecular weight is 236 g/mol. The molecule has 0 aliphatic carbocycles. The number of nitrogen functional groups attached to an aromatic ring is 1. The number of anilines is 2. The maximum atomic E-state index is 9.12. The first-order valence-corrected chi connectivity index (χ1v) is 6.07. The number of hydrogen-bond donors (Lipinski definition) is 3. The third-order valence-electron chi connectivity index (χ3n) is 2.90. The van der Waals surface area contributed by atoms with Gasteiger partial charge in [0.2, 0.25) is 0 Å². The third kappa shape index (κ3) is 4.27. The van der Waals surface area contributed by atoms with Crippen LogP contribution < -0.4 is 11.1 Å². The first kappa shape index (κ1) is 13.8. The smallest absolute Gasteiger partial charge is 0.0450 e. The van der Waals surface area contributed by atoms with Crippen LogP contribution in [0.1, 0.15) is 32.8 Å². The molecule has 3 nitrogen and oxygen atoms in total. The van der Waals surface area contributed by atoms with Gasteiger partial charge in [-0.25, -0.2) is 0 Å². The maximum absolute atomic E-state index is 9.12. The zero-order chi connectivity index (χ0) is 13.1. The number of rotatable bonds is 4. The lowest BCUT2D eigenvalue weighted by molar-refractivity contribution is 0.235. The summed E-state index contributed by atoms with van der Waals surface area (Å²) in [5, 5.41) is 12.6. The van der Waals surface area contributed by atoms with Gasteiger partial charge in [-0.05, 0) is 42.5 Å². The molecule has 96 valence electrons. The van der Waals surface area contributed by atoms with E-state index in [0.717, 1.165) is 23.4 Å². The largest absolute Gasteiger partial charge is 0.399 e. The molecule has 4 N–H and O–H groups in total. The molecule has 0 fully saturated rings. The first-order valence-electron chi connectivity index (χ1n) is 6.07. The second-order valence-corrected chi connectivity index (χ2v) is 5.71. The Hall–Kier alpha value is -1.22. The molecule has 0 saturated carbocycles. The zero-order valence-electron chi connectivity index (χ0n) is 11.2. The summed E-state index contributed by atoms with van der Waals surface area (Å²) in [6, 6.07) is 6.19. The van der Waals surface area contributed by atoms with Crippen molar-refractivity contribution in [3.05, 3.63) is 23.8 Å². The highest BCUT2D eigenvalue weighted by Gasteiger charge is 2.23. The fourth-order valence-corrected chi connectivity index (χ4v) is 1.95. The molecule has 0 saturated heterocycles. The van der Waals surface area contributed by atoms with Crippen LogP contribution in [-0.4, -0.2) is 17.8 Å². The SMILES string of the molecule is Cc1cc(N)cc(NC(CCO)C(C)(C)C)c1. The predicted molar refractivity (Wildman–Crippen MR) is 74.2 cm³/mol. The molecule has 0 aliphatic heterocycles. The topological polar surface area (TPSA) is 58.3 Å². The summed E-state index contributed by atoms with van der Waals surface area (Å²) < 4.78 is 0. The highest BCUT2D eigenvalue weighted by Crippen LogP contribution is 2.26. The van der Waals surface area contributed by atoms with Crippen molar-refractivity contribution in [2.24, 2.45) is 5.41 Å². The highest BCUT2D eigenvalue weighted by atomic mass is 16.3. The predicted octanol–water partition coefficient (Wildman–Crippen LogP) is 2.79. The Morgan fingerprint density at radius 2 is 1.94 bits per heavy atom. The van der Waals surface area contributed by atoms with E-state index in [4.69, 9.17) is 10.8 Å². The van der Waals surface area contributed by atoms with E-state index < -0.39 is 0 Å². The summed E-state index contributed by atoms with van der Waals surface area (Å²) in [5.41, 5.74) is 8.86. The van der Waals surface area contributed by atoms with Gasteiger partial charge < -0.3 is 16.2 Å². The van der Waals surface area contributed by atoms with E-state index in [1.165, 1.54) is 0 Å². The van der Waals surface area contributed by atoms with Crippen molar-refractivity contribution in [2.45, 2.75) is 40.2 Å². The van der Waals surface area contributed by atoms with Crippen molar-refractivity contribution >= 4 is 11.4 Å². The Morgan fingerprint density at radius 3 is 2.41 bits per heavy atom. The van der Waals surface area contributed by atoms with Gasteiger partial charge in [0.15, 0.2) is 0 Å². The number of aliphatic hydroxyl groups excluding tert-OH is 1. The minimum Gasteiger partial charge on any atom is -0.399 e. The van der Waals surface area contributed by atoms with E-state index in [0.29, 0.717) is 0 Å². The second kappa shape index (κ2) is 5.41. The molecule has 3 heteroatoms. The van der Waals surface area contributed by atoms with Crippen LogP contribution in [0.2, 0.25) is 0 Å². The minimum atomic E-state index is 0.0985. The average Bonchev–Trinajstić information content (AvgIpc) is 2.13. The van der Waals surface area contributed by atoms with Crippen molar-refractivity contribution < 1.29 is 5.11 Å². The zero-order valence-corrected chi connectivity index (χ0v) is 11.2. The number of aryl methyl sites for hydroxylation is 1. The Balaban J connectivity index is 2.86. The Labute approximate surface area is 104 Å². The molecule has 1 aromatic carbocycles. The molecule has 0 aliphatic rings. The van der Waals surface area contributed by atoms with E-state index in [1.54, 1.807) is 0 Å². The fourth-order valence-electron chi connectivity index (χ4n) is 1.95. The van der Waals surface area contributed by atoms with Crippen LogP contribution in [0.25, 0.3) is 0 Å². The number of aliphatic hydroxyl groups is 1. The van der Waals surface area contributed by atoms with E-state index >= 15 is 0 Å². The van der Waals surface area contributed by atoms with Crippen LogP contribution in [0.5, 0.6) is 0 Å². The highest BCUT2D eigenvalue weighted by molar-refractivity contribution is 5.57. The Kier molecular flexibility index (Phi) is 4.40. The Morgan fingerprint density at radius 1 is 1.29 bits per heavy atom. The van der Waals surface area contributed by atoms with Crippen LogP contribution in [0.3, 0.4) is 0 Å². The van der Waals surface area contributed by atoms with E-state index in [2.05, 4.69) is 32.2 Å². The van der Waals surface area contributed by atoms with Crippen LogP contribution in [0.15, 0.2) is 18.2 Å². The monoisotopic (exact) mass is 236 g/mol. The van der Waals surface area contributed by atoms with Gasteiger partial charge in [0.1, 0.15) is 0 Å². The van der Waals surface area contributed by atoms with Crippen molar-refractivity contribution in [3.63, 3.8) is 0 Å². The van der Waals surface area contributed by atoms with Crippen molar-refractivity contribution in [1.29, 1.82) is 0 Å². The van der Waals surface area contributed by atoms with Crippen molar-refractivity contribution in [2.75, 3.05) is 17.7 Å². The van der Waals surface area contributed by atoms with Crippen LogP contribution in [0, 0.1) is 12.3 Å². The van der Waals surface area contributed by atoms with Gasteiger partial charge in [0.05, 0.1) is 0 Å². The lowest BCUT2D eigenvalue weighted by Gasteiger charge is -2.32. The van der Waals surface area contributed by atoms with Gasteiger partial charge in [0, 0.05) is 24.0 Å². The van der Waals surface area contributed by atoms with Crippen molar-refractivity contribution in [1.82, 2.24) is 0 Å². The van der Waals surface area contributed by atoms with Gasteiger partial charge >= 0.3 is 0 Å². The number of hydrogen-bond acceptors (Lipinski definition) is 3. The molecule has 1 rings (SSSR count). The van der Waals surface area contributed by atoms with Crippen LogP contribution >= 0.6 is 0 Å². The van der Waals surface area contributed by atoms with Gasteiger partial charge in [-0.15, -0.1) is 0 Å². The summed E-state index contributed by atoms with van der Waals surface area (Å²) in [6.45, 7) is 8.72. The van der Waals surface area contributed by atoms with Gasteiger partial charge in [-0.1, -0.05) is 20.8 Å². The summed E-state index contributed by atoms with van der Waals surface area (Å²) in [5.74, 6) is 0. The summed E-state index contributed by atoms with van der Waals surface area (Å²) in [7, 11) is 0. The molecule has 0 aromatic heterocycles. The number of nitrogens with two attached hydrogens (primary N) is 1. The standard InChI is InChI=1S/C14H24N2O/c1-10-7-11(15)9-12(8-10)16-13(5-6-17)14(2,3)4/h7-9,13,16-17H,5-6,15H2,1-4H3. The third-order valence-corrected chi connectivity index (χ3v) is 2.90. The molecule has 1 atom stereocenters. The molecular weight excluding hydrogens is 212 g/mol. The lowest BCUT2D eigenvalue weighted by atomic mass is 9.84. The molecule has 1 unspecified atom stereocenters. The first-order chi connectivity index (χ1) is 7.82. The van der Waals surface area contributed by atoms with Gasteiger partial charge in [-0.3, -0.25) is 0 Å². The number of benzene rings is 1. The molecule has 0 bridgehead atoms. The molecule has 1 aromatic rings. The molecule has 17 heavy (non-hydrogen) atoms. The molecule has 0 radical (unpaired) electrons. The van der Waals surface area contributed by atoms with Crippen LogP contribution in [0.4, 0.5) is 11.4 Å². The fraction of sp³-hybridized carbons (Fsp3) is 0.571. The summed E-state index contributed by atoms with van der Waals surface area (Å²) in [4.78, 5) is 0. The number of nitrogens with one attached hydrogen (secondary N) is 1. The Bertz CT molecular complexity index is 349. The normalized spacial score (nSPS) is 13.5. The molecular formula is C14H24N2O. The van der Waals surface area contributed by atoms with E-state index in [9.17, 15) is 0 Å². The van der Waals surface area contributed by atoms with E-state index in [1.807, 2.05) is 19.1 Å². The van der Waals surface area contributed by atoms with Gasteiger partial charge in [0.25, 0.3) is 0 Å². The quantitative estimate of drug-likeness (QED) is 0.705. The van der Waals surface area contributed by atoms with Crippen molar-refractivity contribution in [3.8, 4) is 0 Å². The summed E-state index contributed by atoms with van der Waals surface area (Å²) in [6.07, 6.45) is 0.733. The van der Waals surface area contributed by atoms with Crippen LogP contribution in [-0.2, 0) is 0 Å². The minimum absolute atomic E-state index is 0.0985. The van der Waals surface area contributed by atoms with Gasteiger partial charge in [-0.2, -0.15) is 0 Å². The molecule has 0 spiro atoms. The lowest BCUT2D eigenvalue weighted by Crippen LogP contribution is -2.34. The van der Waals surface area contributed by atoms with E-state index in [-0.39, 0.29) is 18.1 Å².